The number of nitrogens with zero attached hydrogens (tertiary/aromatic N) is 2. The topological polar surface area (TPSA) is 48.7 Å². The minimum Gasteiger partial charge on any atom is -0.339 e. The van der Waals surface area contributed by atoms with Gasteiger partial charge in [0.15, 0.2) is 0 Å². The number of rotatable bonds is 2. The maximum absolute atomic E-state index is 9.01. The van der Waals surface area contributed by atoms with E-state index in [1.54, 1.807) is 18.3 Å². The van der Waals surface area contributed by atoms with Crippen LogP contribution in [0.3, 0.4) is 0 Å². The highest BCUT2D eigenvalue weighted by Crippen LogP contribution is 2.27. The summed E-state index contributed by atoms with van der Waals surface area (Å²) in [5.74, 6) is 0.584. The van der Waals surface area contributed by atoms with E-state index in [1.165, 1.54) is 0 Å². The van der Waals surface area contributed by atoms with Gasteiger partial charge >= 0.3 is 0 Å². The van der Waals surface area contributed by atoms with Crippen LogP contribution in [0, 0.1) is 25.2 Å². The Bertz CT molecular complexity index is 606. The van der Waals surface area contributed by atoms with Crippen molar-refractivity contribution in [3.8, 4) is 6.07 Å². The molecule has 0 saturated carbocycles. The number of pyridine rings is 1. The summed E-state index contributed by atoms with van der Waals surface area (Å²) in [4.78, 5) is 4.18. The number of halogens is 1. The molecule has 0 atom stereocenters. The fourth-order valence-electron chi connectivity index (χ4n) is 1.75. The third-order valence-electron chi connectivity index (χ3n) is 2.63. The van der Waals surface area contributed by atoms with Gasteiger partial charge < -0.3 is 5.32 Å². The summed E-state index contributed by atoms with van der Waals surface area (Å²) in [5, 5.41) is 12.2. The number of hydrogen-bond donors (Lipinski definition) is 1. The first-order chi connectivity index (χ1) is 8.61. The van der Waals surface area contributed by atoms with Gasteiger partial charge in [-0.1, -0.05) is 15.9 Å². The van der Waals surface area contributed by atoms with E-state index in [0.717, 1.165) is 21.3 Å². The van der Waals surface area contributed by atoms with Crippen molar-refractivity contribution in [1.29, 1.82) is 5.26 Å². The van der Waals surface area contributed by atoms with E-state index in [-0.39, 0.29) is 0 Å². The zero-order chi connectivity index (χ0) is 13.1. The van der Waals surface area contributed by atoms with Crippen molar-refractivity contribution in [1.82, 2.24) is 4.98 Å². The first kappa shape index (κ1) is 12.6. The average Bonchev–Trinajstić information content (AvgIpc) is 2.36. The number of aromatic nitrogens is 1. The van der Waals surface area contributed by atoms with Crippen molar-refractivity contribution in [2.75, 3.05) is 5.32 Å². The molecule has 0 unspecified atom stereocenters. The highest BCUT2D eigenvalue weighted by atomic mass is 79.9. The Balaban J connectivity index is 2.38. The van der Waals surface area contributed by atoms with Crippen molar-refractivity contribution in [3.63, 3.8) is 0 Å². The van der Waals surface area contributed by atoms with Gasteiger partial charge in [0.1, 0.15) is 11.9 Å². The first-order valence-electron chi connectivity index (χ1n) is 5.50. The van der Waals surface area contributed by atoms with Gasteiger partial charge in [-0.3, -0.25) is 0 Å². The standard InChI is InChI=1S/C14H12BrN3/c1-9-6-12(7-10(2)13(9)15)18-14-11(8-16)4-3-5-17-14/h3-7H,1-2H3,(H,17,18). The van der Waals surface area contributed by atoms with E-state index >= 15 is 0 Å². The minimum atomic E-state index is 0.538. The number of anilines is 2. The molecule has 0 amide bonds. The van der Waals surface area contributed by atoms with Crippen LogP contribution in [-0.2, 0) is 0 Å². The van der Waals surface area contributed by atoms with Gasteiger partial charge in [0.2, 0.25) is 0 Å². The molecule has 0 aliphatic heterocycles. The molecule has 0 spiro atoms. The van der Waals surface area contributed by atoms with Crippen molar-refractivity contribution in [3.05, 3.63) is 51.6 Å². The molecule has 1 aromatic carbocycles. The average molecular weight is 302 g/mol. The van der Waals surface area contributed by atoms with Gasteiger partial charge in [-0.05, 0) is 49.2 Å². The molecule has 90 valence electrons. The number of benzene rings is 1. The van der Waals surface area contributed by atoms with Crippen molar-refractivity contribution < 1.29 is 0 Å². The summed E-state index contributed by atoms with van der Waals surface area (Å²) < 4.78 is 1.11. The maximum atomic E-state index is 9.01. The first-order valence-corrected chi connectivity index (χ1v) is 6.30. The minimum absolute atomic E-state index is 0.538. The summed E-state index contributed by atoms with van der Waals surface area (Å²) in [6.45, 7) is 4.07. The van der Waals surface area contributed by atoms with Gasteiger partial charge in [-0.15, -0.1) is 0 Å². The van der Waals surface area contributed by atoms with Crippen LogP contribution < -0.4 is 5.32 Å². The van der Waals surface area contributed by atoms with Crippen molar-refractivity contribution >= 4 is 27.4 Å². The van der Waals surface area contributed by atoms with E-state index in [9.17, 15) is 0 Å². The molecule has 0 aliphatic carbocycles. The highest BCUT2D eigenvalue weighted by molar-refractivity contribution is 9.10. The van der Waals surface area contributed by atoms with E-state index in [0.29, 0.717) is 11.4 Å². The number of aryl methyl sites for hydroxylation is 2. The molecule has 2 aromatic rings. The van der Waals surface area contributed by atoms with E-state index < -0.39 is 0 Å². The summed E-state index contributed by atoms with van der Waals surface area (Å²) in [7, 11) is 0. The fraction of sp³-hybridized carbons (Fsp3) is 0.143. The quantitative estimate of drug-likeness (QED) is 0.909. The lowest BCUT2D eigenvalue weighted by Crippen LogP contribution is -1.97. The summed E-state index contributed by atoms with van der Waals surface area (Å²) in [5.41, 5.74) is 3.76. The van der Waals surface area contributed by atoms with Gasteiger partial charge in [-0.25, -0.2) is 4.98 Å². The molecular formula is C14H12BrN3. The van der Waals surface area contributed by atoms with Crippen LogP contribution in [-0.4, -0.2) is 4.98 Å². The molecule has 0 fully saturated rings. The van der Waals surface area contributed by atoms with Crippen LogP contribution in [0.5, 0.6) is 0 Å². The molecule has 1 N–H and O–H groups in total. The van der Waals surface area contributed by atoms with E-state index in [2.05, 4.69) is 32.3 Å². The van der Waals surface area contributed by atoms with Crippen LogP contribution in [0.2, 0.25) is 0 Å². The zero-order valence-electron chi connectivity index (χ0n) is 10.2. The Hall–Kier alpha value is -1.86. The smallest absolute Gasteiger partial charge is 0.148 e. The lowest BCUT2D eigenvalue weighted by atomic mass is 10.1. The molecule has 2 rings (SSSR count). The van der Waals surface area contributed by atoms with E-state index in [1.807, 2.05) is 26.0 Å². The van der Waals surface area contributed by atoms with Gasteiger partial charge in [0.25, 0.3) is 0 Å². The third-order valence-corrected chi connectivity index (χ3v) is 3.88. The highest BCUT2D eigenvalue weighted by Gasteiger charge is 2.06. The Morgan fingerprint density at radius 3 is 2.56 bits per heavy atom. The lowest BCUT2D eigenvalue weighted by Gasteiger charge is -2.10. The van der Waals surface area contributed by atoms with Crippen molar-refractivity contribution in [2.24, 2.45) is 0 Å². The SMILES string of the molecule is Cc1cc(Nc2ncccc2C#N)cc(C)c1Br. The van der Waals surface area contributed by atoms with E-state index in [4.69, 9.17) is 5.26 Å². The fourth-order valence-corrected chi connectivity index (χ4v) is 1.98. The van der Waals surface area contributed by atoms with Crippen LogP contribution in [0.25, 0.3) is 0 Å². The Morgan fingerprint density at radius 1 is 1.28 bits per heavy atom. The third kappa shape index (κ3) is 2.52. The molecule has 0 saturated heterocycles. The molecule has 0 aliphatic rings. The maximum Gasteiger partial charge on any atom is 0.148 e. The molecule has 0 radical (unpaired) electrons. The molecular weight excluding hydrogens is 290 g/mol. The van der Waals surface area contributed by atoms with Gasteiger partial charge in [0, 0.05) is 16.4 Å². The Morgan fingerprint density at radius 2 is 1.94 bits per heavy atom. The predicted octanol–water partition coefficient (Wildman–Crippen LogP) is 4.08. The molecule has 1 heterocycles. The molecule has 18 heavy (non-hydrogen) atoms. The second-order valence-electron chi connectivity index (χ2n) is 4.06. The lowest BCUT2D eigenvalue weighted by molar-refractivity contribution is 1.27. The Labute approximate surface area is 115 Å². The Kier molecular flexibility index (Phi) is 3.63. The monoisotopic (exact) mass is 301 g/mol. The molecule has 4 heteroatoms. The van der Waals surface area contributed by atoms with Crippen LogP contribution in [0.1, 0.15) is 16.7 Å². The molecule has 1 aromatic heterocycles. The van der Waals surface area contributed by atoms with Crippen LogP contribution >= 0.6 is 15.9 Å². The van der Waals surface area contributed by atoms with Crippen LogP contribution in [0.15, 0.2) is 34.9 Å². The largest absolute Gasteiger partial charge is 0.339 e. The second-order valence-corrected chi connectivity index (χ2v) is 4.85. The summed E-state index contributed by atoms with van der Waals surface area (Å²) >= 11 is 3.53. The summed E-state index contributed by atoms with van der Waals surface area (Å²) in [6.07, 6.45) is 1.67. The molecule has 3 nitrogen and oxygen atoms in total. The van der Waals surface area contributed by atoms with Gasteiger partial charge in [-0.2, -0.15) is 5.26 Å². The number of nitriles is 1. The number of hydrogen-bond acceptors (Lipinski definition) is 3. The normalized spacial score (nSPS) is 9.89. The zero-order valence-corrected chi connectivity index (χ0v) is 11.7. The number of nitrogens with one attached hydrogen (secondary N) is 1. The second kappa shape index (κ2) is 5.19. The summed E-state index contributed by atoms with van der Waals surface area (Å²) in [6, 6.07) is 9.66. The molecule has 0 bridgehead atoms. The predicted molar refractivity (Wildman–Crippen MR) is 75.9 cm³/mol. The van der Waals surface area contributed by atoms with Crippen LogP contribution in [0.4, 0.5) is 11.5 Å². The van der Waals surface area contributed by atoms with Gasteiger partial charge in [0.05, 0.1) is 5.56 Å². The van der Waals surface area contributed by atoms with Crippen molar-refractivity contribution in [2.45, 2.75) is 13.8 Å².